The van der Waals surface area contributed by atoms with Gasteiger partial charge in [-0.1, -0.05) is 13.8 Å². The number of ether oxygens (including phenoxy) is 1. The van der Waals surface area contributed by atoms with Crippen LogP contribution in [-0.4, -0.2) is 38.8 Å². The van der Waals surface area contributed by atoms with E-state index in [1.165, 1.54) is 17.5 Å². The Balaban J connectivity index is 1.85. The fourth-order valence-electron chi connectivity index (χ4n) is 3.66. The number of hydrogen-bond acceptors (Lipinski definition) is 4. The van der Waals surface area contributed by atoms with Crippen molar-refractivity contribution in [3.8, 4) is 5.75 Å². The highest BCUT2D eigenvalue weighted by molar-refractivity contribution is 7.89. The van der Waals surface area contributed by atoms with Crippen LogP contribution >= 0.6 is 0 Å². The lowest BCUT2D eigenvalue weighted by Gasteiger charge is -2.34. The molecule has 0 radical (unpaired) electrons. The molecule has 2 unspecified atom stereocenters. The molecule has 1 saturated heterocycles. The Morgan fingerprint density at radius 1 is 1.10 bits per heavy atom. The molecule has 0 aliphatic carbocycles. The maximum atomic E-state index is 14.4. The summed E-state index contributed by atoms with van der Waals surface area (Å²) >= 11 is 0. The first kappa shape index (κ1) is 21.3. The molecule has 156 valence electrons. The number of sulfonamides is 1. The summed E-state index contributed by atoms with van der Waals surface area (Å²) < 4.78 is 46.9. The van der Waals surface area contributed by atoms with E-state index in [0.29, 0.717) is 24.5 Å². The molecule has 8 heteroatoms. The zero-order valence-electron chi connectivity index (χ0n) is 16.7. The van der Waals surface area contributed by atoms with E-state index in [1.807, 2.05) is 13.8 Å². The van der Waals surface area contributed by atoms with Crippen molar-refractivity contribution >= 4 is 21.6 Å². The van der Waals surface area contributed by atoms with Gasteiger partial charge < -0.3 is 10.1 Å². The van der Waals surface area contributed by atoms with Gasteiger partial charge in [0.25, 0.3) is 5.91 Å². The third-order valence-electron chi connectivity index (χ3n) is 4.99. The number of amides is 1. The van der Waals surface area contributed by atoms with Crippen molar-refractivity contribution < 1.29 is 22.3 Å². The van der Waals surface area contributed by atoms with E-state index in [0.717, 1.165) is 18.6 Å². The molecule has 2 atom stereocenters. The van der Waals surface area contributed by atoms with Crippen LogP contribution in [0.2, 0.25) is 0 Å². The van der Waals surface area contributed by atoms with Gasteiger partial charge in [0, 0.05) is 24.3 Å². The van der Waals surface area contributed by atoms with Gasteiger partial charge in [-0.25, -0.2) is 12.8 Å². The second kappa shape index (κ2) is 8.51. The number of halogens is 1. The van der Waals surface area contributed by atoms with E-state index in [2.05, 4.69) is 5.32 Å². The maximum Gasteiger partial charge on any atom is 0.255 e. The Morgan fingerprint density at radius 2 is 1.72 bits per heavy atom. The molecular formula is C21H25FN2O4S. The second-order valence-electron chi connectivity index (χ2n) is 7.60. The standard InChI is InChI=1S/C21H25FN2O4S/c1-14-10-15(2)13-24(12-14)29(26,27)20-11-16(4-9-19(20)22)21(25)23-17-5-7-18(28-3)8-6-17/h4-9,11,14-15H,10,12-13H2,1-3H3,(H,23,25). The molecule has 1 heterocycles. The molecule has 0 saturated carbocycles. The number of anilines is 1. The van der Waals surface area contributed by atoms with Crippen molar-refractivity contribution in [2.45, 2.75) is 25.2 Å². The quantitative estimate of drug-likeness (QED) is 0.799. The highest BCUT2D eigenvalue weighted by atomic mass is 32.2. The van der Waals surface area contributed by atoms with Crippen molar-refractivity contribution in [2.75, 3.05) is 25.5 Å². The van der Waals surface area contributed by atoms with Crippen molar-refractivity contribution in [1.29, 1.82) is 0 Å². The Labute approximate surface area is 170 Å². The van der Waals surface area contributed by atoms with E-state index >= 15 is 0 Å². The number of methoxy groups -OCH3 is 1. The van der Waals surface area contributed by atoms with Gasteiger partial charge >= 0.3 is 0 Å². The summed E-state index contributed by atoms with van der Waals surface area (Å²) in [6.45, 7) is 4.64. The molecule has 2 aromatic carbocycles. The highest BCUT2D eigenvalue weighted by Crippen LogP contribution is 2.28. The zero-order chi connectivity index (χ0) is 21.2. The van der Waals surface area contributed by atoms with Crippen molar-refractivity contribution in [2.24, 2.45) is 11.8 Å². The fourth-order valence-corrected chi connectivity index (χ4v) is 5.43. The number of rotatable bonds is 5. The van der Waals surface area contributed by atoms with Gasteiger partial charge in [-0.2, -0.15) is 4.31 Å². The molecule has 1 aliphatic rings. The molecular weight excluding hydrogens is 395 g/mol. The number of benzene rings is 2. The van der Waals surface area contributed by atoms with Crippen LogP contribution < -0.4 is 10.1 Å². The second-order valence-corrected chi connectivity index (χ2v) is 9.50. The van der Waals surface area contributed by atoms with Crippen LogP contribution in [-0.2, 0) is 10.0 Å². The summed E-state index contributed by atoms with van der Waals surface area (Å²) in [7, 11) is -2.50. The highest BCUT2D eigenvalue weighted by Gasteiger charge is 2.33. The van der Waals surface area contributed by atoms with Crippen LogP contribution in [0.1, 0.15) is 30.6 Å². The first-order chi connectivity index (χ1) is 13.7. The number of carbonyl (C=O) groups excluding carboxylic acids is 1. The normalized spacial score (nSPS) is 20.3. The molecule has 0 aromatic heterocycles. The molecule has 1 fully saturated rings. The molecule has 3 rings (SSSR count). The van der Waals surface area contributed by atoms with Gasteiger partial charge in [-0.15, -0.1) is 0 Å². The SMILES string of the molecule is COc1ccc(NC(=O)c2ccc(F)c(S(=O)(=O)N3CC(C)CC(C)C3)c2)cc1. The Bertz CT molecular complexity index is 982. The van der Waals surface area contributed by atoms with E-state index in [4.69, 9.17) is 4.74 Å². The van der Waals surface area contributed by atoms with Gasteiger partial charge in [0.05, 0.1) is 7.11 Å². The number of piperidine rings is 1. The summed E-state index contributed by atoms with van der Waals surface area (Å²) in [6.07, 6.45) is 0.929. The van der Waals surface area contributed by atoms with Gasteiger partial charge in [-0.3, -0.25) is 4.79 Å². The first-order valence-corrected chi connectivity index (χ1v) is 10.9. The van der Waals surface area contributed by atoms with Crippen LogP contribution in [0.3, 0.4) is 0 Å². The van der Waals surface area contributed by atoms with E-state index in [9.17, 15) is 17.6 Å². The summed E-state index contributed by atoms with van der Waals surface area (Å²) in [5.41, 5.74) is 0.585. The van der Waals surface area contributed by atoms with E-state index in [-0.39, 0.29) is 17.4 Å². The Hall–Kier alpha value is -2.45. The molecule has 0 spiro atoms. The number of nitrogens with zero attached hydrogens (tertiary/aromatic N) is 1. The van der Waals surface area contributed by atoms with Gasteiger partial charge in [0.1, 0.15) is 16.5 Å². The Kier molecular flexibility index (Phi) is 6.24. The summed E-state index contributed by atoms with van der Waals surface area (Å²) in [4.78, 5) is 12.1. The van der Waals surface area contributed by atoms with Crippen LogP contribution in [0.5, 0.6) is 5.75 Å². The Morgan fingerprint density at radius 3 is 2.31 bits per heavy atom. The predicted octanol–water partition coefficient (Wildman–Crippen LogP) is 3.75. The zero-order valence-corrected chi connectivity index (χ0v) is 17.5. The van der Waals surface area contributed by atoms with Crippen LogP contribution in [0.15, 0.2) is 47.4 Å². The third-order valence-corrected chi connectivity index (χ3v) is 6.84. The minimum atomic E-state index is -4.03. The molecule has 1 N–H and O–H groups in total. The van der Waals surface area contributed by atoms with Crippen molar-refractivity contribution in [1.82, 2.24) is 4.31 Å². The van der Waals surface area contributed by atoms with Crippen molar-refractivity contribution in [3.63, 3.8) is 0 Å². The molecule has 29 heavy (non-hydrogen) atoms. The van der Waals surface area contributed by atoms with Gasteiger partial charge in [-0.05, 0) is 60.7 Å². The van der Waals surface area contributed by atoms with Gasteiger partial charge in [0.15, 0.2) is 0 Å². The minimum Gasteiger partial charge on any atom is -0.497 e. The van der Waals surface area contributed by atoms with E-state index < -0.39 is 26.6 Å². The number of carbonyl (C=O) groups is 1. The lowest BCUT2D eigenvalue weighted by Crippen LogP contribution is -2.42. The lowest BCUT2D eigenvalue weighted by atomic mass is 9.94. The topological polar surface area (TPSA) is 75.7 Å². The molecule has 2 aromatic rings. The summed E-state index contributed by atoms with van der Waals surface area (Å²) in [5, 5.41) is 2.68. The minimum absolute atomic E-state index is 0.0684. The monoisotopic (exact) mass is 420 g/mol. The van der Waals surface area contributed by atoms with E-state index in [1.54, 1.807) is 24.3 Å². The summed E-state index contributed by atoms with van der Waals surface area (Å²) in [5.74, 6) is -0.358. The average molecular weight is 421 g/mol. The average Bonchev–Trinajstić information content (AvgIpc) is 2.68. The van der Waals surface area contributed by atoms with Crippen molar-refractivity contribution in [3.05, 3.63) is 53.8 Å². The first-order valence-electron chi connectivity index (χ1n) is 9.46. The van der Waals surface area contributed by atoms with Crippen LogP contribution in [0.4, 0.5) is 10.1 Å². The maximum absolute atomic E-state index is 14.4. The molecule has 0 bridgehead atoms. The van der Waals surface area contributed by atoms with Crippen LogP contribution in [0.25, 0.3) is 0 Å². The fraction of sp³-hybridized carbons (Fsp3) is 0.381. The lowest BCUT2D eigenvalue weighted by molar-refractivity contribution is 0.102. The number of nitrogens with one attached hydrogen (secondary N) is 1. The smallest absolute Gasteiger partial charge is 0.255 e. The third kappa shape index (κ3) is 4.76. The summed E-state index contributed by atoms with van der Waals surface area (Å²) in [6, 6.07) is 10.1. The number of hydrogen-bond donors (Lipinski definition) is 1. The van der Waals surface area contributed by atoms with Gasteiger partial charge in [0.2, 0.25) is 10.0 Å². The largest absolute Gasteiger partial charge is 0.497 e. The predicted molar refractivity (Wildman–Crippen MR) is 109 cm³/mol. The van der Waals surface area contributed by atoms with Crippen LogP contribution in [0, 0.1) is 17.7 Å². The molecule has 1 aliphatic heterocycles. The molecule has 1 amide bonds. The molecule has 6 nitrogen and oxygen atoms in total.